The summed E-state index contributed by atoms with van der Waals surface area (Å²) < 4.78 is 1.13. The first-order chi connectivity index (χ1) is 6.47. The van der Waals surface area contributed by atoms with Crippen LogP contribution in [0.1, 0.15) is 25.0 Å². The smallest absolute Gasteiger partial charge is 0.0770 e. The van der Waals surface area contributed by atoms with Crippen LogP contribution in [0.5, 0.6) is 0 Å². The second kappa shape index (κ2) is 4.43. The van der Waals surface area contributed by atoms with Crippen LogP contribution in [0.3, 0.4) is 0 Å². The van der Waals surface area contributed by atoms with Crippen molar-refractivity contribution < 1.29 is 4.84 Å². The summed E-state index contributed by atoms with van der Waals surface area (Å²) >= 11 is 3.52. The topological polar surface area (TPSA) is 35.2 Å². The first-order valence-electron chi connectivity index (χ1n) is 4.55. The Morgan fingerprint density at radius 3 is 2.57 bits per heavy atom. The van der Waals surface area contributed by atoms with Crippen LogP contribution in [0, 0.1) is 6.92 Å². The normalized spacial score (nSPS) is 11.8. The standard InChI is InChI=1S/C11H16BrNO/c1-8-4-5-9(6-10(8)12)11(2,3)7-14-13/h4-6H,7,13H2,1-3H3. The first kappa shape index (κ1) is 11.7. The molecule has 0 unspecified atom stereocenters. The first-order valence-corrected chi connectivity index (χ1v) is 5.35. The maximum Gasteiger partial charge on any atom is 0.0770 e. The molecule has 1 aromatic carbocycles. The predicted molar refractivity (Wildman–Crippen MR) is 62.0 cm³/mol. The number of hydrogen-bond donors (Lipinski definition) is 1. The maximum absolute atomic E-state index is 5.11. The average molecular weight is 258 g/mol. The highest BCUT2D eigenvalue weighted by Crippen LogP contribution is 2.27. The van der Waals surface area contributed by atoms with Crippen molar-refractivity contribution in [1.82, 2.24) is 0 Å². The fourth-order valence-corrected chi connectivity index (χ4v) is 1.68. The molecule has 78 valence electrons. The van der Waals surface area contributed by atoms with E-state index in [1.807, 2.05) is 0 Å². The van der Waals surface area contributed by atoms with E-state index in [9.17, 15) is 0 Å². The second-order valence-corrected chi connectivity index (χ2v) is 5.01. The van der Waals surface area contributed by atoms with Crippen molar-refractivity contribution in [1.29, 1.82) is 0 Å². The van der Waals surface area contributed by atoms with Crippen LogP contribution in [0.4, 0.5) is 0 Å². The van der Waals surface area contributed by atoms with Gasteiger partial charge in [0.25, 0.3) is 0 Å². The minimum Gasteiger partial charge on any atom is -0.304 e. The van der Waals surface area contributed by atoms with Crippen molar-refractivity contribution in [2.45, 2.75) is 26.2 Å². The molecule has 3 heteroatoms. The molecular formula is C11H16BrNO. The highest BCUT2D eigenvalue weighted by Gasteiger charge is 2.21. The molecular weight excluding hydrogens is 242 g/mol. The Hall–Kier alpha value is -0.380. The summed E-state index contributed by atoms with van der Waals surface area (Å²) in [6.45, 7) is 6.80. The van der Waals surface area contributed by atoms with E-state index in [0.29, 0.717) is 6.61 Å². The molecule has 0 saturated heterocycles. The average Bonchev–Trinajstić information content (AvgIpc) is 2.09. The highest BCUT2D eigenvalue weighted by atomic mass is 79.9. The van der Waals surface area contributed by atoms with Gasteiger partial charge in [-0.15, -0.1) is 0 Å². The third-order valence-corrected chi connectivity index (χ3v) is 3.25. The van der Waals surface area contributed by atoms with Gasteiger partial charge in [0.05, 0.1) is 6.61 Å². The summed E-state index contributed by atoms with van der Waals surface area (Å²) in [5.41, 5.74) is 2.41. The van der Waals surface area contributed by atoms with Gasteiger partial charge in [0.2, 0.25) is 0 Å². The van der Waals surface area contributed by atoms with E-state index < -0.39 is 0 Å². The van der Waals surface area contributed by atoms with Gasteiger partial charge in [0.1, 0.15) is 0 Å². The predicted octanol–water partition coefficient (Wildman–Crippen LogP) is 2.93. The van der Waals surface area contributed by atoms with Crippen LogP contribution in [0.15, 0.2) is 22.7 Å². The van der Waals surface area contributed by atoms with E-state index >= 15 is 0 Å². The van der Waals surface area contributed by atoms with Gasteiger partial charge in [-0.3, -0.25) is 0 Å². The minimum atomic E-state index is -0.0506. The lowest BCUT2D eigenvalue weighted by Crippen LogP contribution is -2.26. The van der Waals surface area contributed by atoms with Crippen molar-refractivity contribution in [3.05, 3.63) is 33.8 Å². The molecule has 0 bridgehead atoms. The van der Waals surface area contributed by atoms with Gasteiger partial charge in [0, 0.05) is 9.89 Å². The van der Waals surface area contributed by atoms with Crippen molar-refractivity contribution in [2.75, 3.05) is 6.61 Å². The van der Waals surface area contributed by atoms with E-state index in [1.54, 1.807) is 0 Å². The molecule has 0 aliphatic carbocycles. The molecule has 2 nitrogen and oxygen atoms in total. The van der Waals surface area contributed by atoms with Gasteiger partial charge in [-0.2, -0.15) is 0 Å². The number of benzene rings is 1. The molecule has 0 atom stereocenters. The lowest BCUT2D eigenvalue weighted by atomic mass is 9.85. The summed E-state index contributed by atoms with van der Waals surface area (Å²) in [5, 5.41) is 0. The van der Waals surface area contributed by atoms with Gasteiger partial charge in [0.15, 0.2) is 0 Å². The Morgan fingerprint density at radius 1 is 1.43 bits per heavy atom. The van der Waals surface area contributed by atoms with Crippen LogP contribution in [-0.4, -0.2) is 6.61 Å². The molecule has 1 aromatic rings. The summed E-state index contributed by atoms with van der Waals surface area (Å²) in [6, 6.07) is 6.32. The molecule has 0 aromatic heterocycles. The molecule has 0 fully saturated rings. The molecule has 14 heavy (non-hydrogen) atoms. The molecule has 0 radical (unpaired) electrons. The van der Waals surface area contributed by atoms with Crippen LogP contribution in [0.2, 0.25) is 0 Å². The van der Waals surface area contributed by atoms with Crippen molar-refractivity contribution >= 4 is 15.9 Å². The maximum atomic E-state index is 5.11. The van der Waals surface area contributed by atoms with E-state index in [0.717, 1.165) is 4.47 Å². The van der Waals surface area contributed by atoms with Crippen LogP contribution >= 0.6 is 15.9 Å². The summed E-state index contributed by atoms with van der Waals surface area (Å²) in [4.78, 5) is 4.72. The Labute approximate surface area is 93.5 Å². The monoisotopic (exact) mass is 257 g/mol. The molecule has 0 saturated carbocycles. The Balaban J connectivity index is 3.01. The third-order valence-electron chi connectivity index (χ3n) is 2.40. The number of rotatable bonds is 3. The van der Waals surface area contributed by atoms with Crippen molar-refractivity contribution in [3.63, 3.8) is 0 Å². The minimum absolute atomic E-state index is 0.0506. The fourth-order valence-electron chi connectivity index (χ4n) is 1.31. The molecule has 0 aliphatic heterocycles. The van der Waals surface area contributed by atoms with E-state index in [2.05, 4.69) is 54.9 Å². The number of aryl methyl sites for hydroxylation is 1. The van der Waals surface area contributed by atoms with Crippen molar-refractivity contribution in [2.24, 2.45) is 5.90 Å². The van der Waals surface area contributed by atoms with E-state index in [1.165, 1.54) is 11.1 Å². The van der Waals surface area contributed by atoms with Crippen molar-refractivity contribution in [3.8, 4) is 0 Å². The Kier molecular flexibility index (Phi) is 3.70. The zero-order valence-corrected chi connectivity index (χ0v) is 10.4. The SMILES string of the molecule is Cc1ccc(C(C)(C)CON)cc1Br. The zero-order chi connectivity index (χ0) is 10.8. The second-order valence-electron chi connectivity index (χ2n) is 4.16. The van der Waals surface area contributed by atoms with Gasteiger partial charge in [-0.05, 0) is 24.1 Å². The van der Waals surface area contributed by atoms with E-state index in [4.69, 9.17) is 10.7 Å². The zero-order valence-electron chi connectivity index (χ0n) is 8.80. The van der Waals surface area contributed by atoms with Gasteiger partial charge < -0.3 is 4.84 Å². The molecule has 0 spiro atoms. The van der Waals surface area contributed by atoms with Gasteiger partial charge in [-0.1, -0.05) is 41.9 Å². The quantitative estimate of drug-likeness (QED) is 0.846. The lowest BCUT2D eigenvalue weighted by Gasteiger charge is -2.24. The number of hydrogen-bond acceptors (Lipinski definition) is 2. The molecule has 0 amide bonds. The largest absolute Gasteiger partial charge is 0.304 e. The Morgan fingerprint density at radius 2 is 2.07 bits per heavy atom. The summed E-state index contributed by atoms with van der Waals surface area (Å²) in [6.07, 6.45) is 0. The summed E-state index contributed by atoms with van der Waals surface area (Å²) in [7, 11) is 0. The molecule has 1 rings (SSSR count). The van der Waals surface area contributed by atoms with Crippen LogP contribution < -0.4 is 5.90 Å². The van der Waals surface area contributed by atoms with Crippen LogP contribution in [0.25, 0.3) is 0 Å². The van der Waals surface area contributed by atoms with Crippen LogP contribution in [-0.2, 0) is 10.3 Å². The molecule has 2 N–H and O–H groups in total. The number of nitrogens with two attached hydrogens (primary N) is 1. The third kappa shape index (κ3) is 2.56. The molecule has 0 aliphatic rings. The fraction of sp³-hybridized carbons (Fsp3) is 0.455. The van der Waals surface area contributed by atoms with Gasteiger partial charge in [-0.25, -0.2) is 5.90 Å². The van der Waals surface area contributed by atoms with Gasteiger partial charge >= 0.3 is 0 Å². The number of halogens is 1. The summed E-state index contributed by atoms with van der Waals surface area (Å²) in [5.74, 6) is 5.11. The molecule has 0 heterocycles. The highest BCUT2D eigenvalue weighted by molar-refractivity contribution is 9.10. The lowest BCUT2D eigenvalue weighted by molar-refractivity contribution is 0.0964. The Bertz CT molecular complexity index is 323. The van der Waals surface area contributed by atoms with E-state index in [-0.39, 0.29) is 5.41 Å².